The number of hydrogen-bond acceptors (Lipinski definition) is 3. The summed E-state index contributed by atoms with van der Waals surface area (Å²) in [6, 6.07) is 19.2. The fourth-order valence-corrected chi connectivity index (χ4v) is 3.43. The number of pyridine rings is 1. The van der Waals surface area contributed by atoms with Gasteiger partial charge in [-0.1, -0.05) is 38.0 Å². The van der Waals surface area contributed by atoms with Gasteiger partial charge in [0, 0.05) is 29.2 Å². The number of aryl methyl sites for hydroxylation is 1. The van der Waals surface area contributed by atoms with Crippen molar-refractivity contribution in [3.8, 4) is 17.0 Å². The van der Waals surface area contributed by atoms with E-state index in [1.807, 2.05) is 72.2 Å². The minimum Gasteiger partial charge on any atom is -0.494 e. The number of carbonyl (C=O) groups is 1. The predicted octanol–water partition coefficient (Wildman–Crippen LogP) is 6.13. The first kappa shape index (κ1) is 20.7. The van der Waals surface area contributed by atoms with Crippen molar-refractivity contribution < 1.29 is 9.53 Å². The molecule has 0 radical (unpaired) electrons. The van der Waals surface area contributed by atoms with Crippen molar-refractivity contribution in [1.29, 1.82) is 0 Å². The quantitative estimate of drug-likeness (QED) is 0.354. The van der Waals surface area contributed by atoms with Gasteiger partial charge in [-0.15, -0.1) is 0 Å². The summed E-state index contributed by atoms with van der Waals surface area (Å²) < 4.78 is 7.71. The third-order valence-electron chi connectivity index (χ3n) is 5.28. The van der Waals surface area contributed by atoms with Crippen LogP contribution in [-0.2, 0) is 0 Å². The molecule has 1 N–H and O–H groups in total. The van der Waals surface area contributed by atoms with Gasteiger partial charge in [0.25, 0.3) is 5.91 Å². The average molecular weight is 414 g/mol. The van der Waals surface area contributed by atoms with Crippen LogP contribution in [0.25, 0.3) is 16.9 Å². The number of benzene rings is 2. The number of carbonyl (C=O) groups excluding carboxylic acids is 1. The van der Waals surface area contributed by atoms with Crippen molar-refractivity contribution in [2.24, 2.45) is 0 Å². The van der Waals surface area contributed by atoms with Crippen LogP contribution >= 0.6 is 0 Å². The Labute approximate surface area is 182 Å². The molecular formula is C26H27N3O2. The van der Waals surface area contributed by atoms with Gasteiger partial charge in [-0.2, -0.15) is 0 Å². The molecule has 2 aromatic heterocycles. The highest BCUT2D eigenvalue weighted by Crippen LogP contribution is 2.26. The summed E-state index contributed by atoms with van der Waals surface area (Å²) in [7, 11) is 0. The number of aromatic nitrogens is 2. The number of unbranched alkanes of at least 4 members (excludes halogenated alkanes) is 2. The zero-order valence-electron chi connectivity index (χ0n) is 18.0. The summed E-state index contributed by atoms with van der Waals surface area (Å²) in [6.45, 7) is 4.85. The molecule has 0 saturated heterocycles. The highest BCUT2D eigenvalue weighted by molar-refractivity contribution is 6.05. The average Bonchev–Trinajstić information content (AvgIpc) is 3.23. The van der Waals surface area contributed by atoms with E-state index in [-0.39, 0.29) is 5.91 Å². The molecule has 0 aliphatic rings. The largest absolute Gasteiger partial charge is 0.494 e. The van der Waals surface area contributed by atoms with Crippen molar-refractivity contribution in [1.82, 2.24) is 9.38 Å². The first-order valence-corrected chi connectivity index (χ1v) is 10.7. The number of anilines is 1. The Morgan fingerprint density at radius 3 is 2.68 bits per heavy atom. The van der Waals surface area contributed by atoms with Gasteiger partial charge >= 0.3 is 0 Å². The van der Waals surface area contributed by atoms with E-state index >= 15 is 0 Å². The molecule has 0 bridgehead atoms. The van der Waals surface area contributed by atoms with E-state index < -0.39 is 0 Å². The Balaban J connectivity index is 1.47. The van der Waals surface area contributed by atoms with E-state index in [0.29, 0.717) is 12.2 Å². The van der Waals surface area contributed by atoms with Gasteiger partial charge in [0.1, 0.15) is 11.4 Å². The lowest BCUT2D eigenvalue weighted by Crippen LogP contribution is -2.12. The summed E-state index contributed by atoms with van der Waals surface area (Å²) in [6.07, 6.45) is 7.33. The van der Waals surface area contributed by atoms with E-state index in [1.165, 1.54) is 6.42 Å². The summed E-state index contributed by atoms with van der Waals surface area (Å²) >= 11 is 0. The van der Waals surface area contributed by atoms with Crippen LogP contribution in [0.5, 0.6) is 5.75 Å². The minimum atomic E-state index is -0.146. The smallest absolute Gasteiger partial charge is 0.255 e. The molecule has 0 unspecified atom stereocenters. The Kier molecular flexibility index (Phi) is 6.32. The van der Waals surface area contributed by atoms with Gasteiger partial charge in [0.2, 0.25) is 0 Å². The minimum absolute atomic E-state index is 0.146. The monoisotopic (exact) mass is 413 g/mol. The number of fused-ring (bicyclic) bond motifs is 1. The highest BCUT2D eigenvalue weighted by Gasteiger charge is 2.11. The van der Waals surface area contributed by atoms with Gasteiger partial charge in [-0.3, -0.25) is 4.79 Å². The molecule has 2 aromatic carbocycles. The number of rotatable bonds is 8. The molecule has 158 valence electrons. The van der Waals surface area contributed by atoms with Crippen LogP contribution in [0.2, 0.25) is 0 Å². The summed E-state index contributed by atoms with van der Waals surface area (Å²) in [5.41, 5.74) is 5.09. The molecule has 4 aromatic rings. The number of nitrogens with zero attached hydrogens (tertiary/aromatic N) is 2. The lowest BCUT2D eigenvalue weighted by molar-refractivity contribution is 0.102. The maximum Gasteiger partial charge on any atom is 0.255 e. The van der Waals surface area contributed by atoms with Crippen molar-refractivity contribution in [3.05, 3.63) is 84.2 Å². The number of imidazole rings is 1. The molecule has 1 amide bonds. The van der Waals surface area contributed by atoms with Crippen LogP contribution in [0.15, 0.2) is 73.1 Å². The molecule has 0 aliphatic carbocycles. The maximum atomic E-state index is 12.8. The molecule has 0 aliphatic heterocycles. The normalized spacial score (nSPS) is 10.9. The standard InChI is InChI=1S/C26H27N3O2/c1-3-4-7-16-31-22-13-11-20(12-14-22)26(30)28-23-17-21(10-9-19(23)2)24-18-29-15-6-5-8-25(29)27-24/h5-6,8-15,17-18H,3-4,7,16H2,1-2H3,(H,28,30). The van der Waals surface area contributed by atoms with E-state index in [1.54, 1.807) is 12.1 Å². The second-order valence-electron chi connectivity index (χ2n) is 7.66. The van der Waals surface area contributed by atoms with E-state index in [9.17, 15) is 4.79 Å². The first-order valence-electron chi connectivity index (χ1n) is 10.7. The number of amides is 1. The zero-order valence-corrected chi connectivity index (χ0v) is 18.0. The molecule has 4 rings (SSSR count). The fourth-order valence-electron chi connectivity index (χ4n) is 3.43. The second kappa shape index (κ2) is 9.47. The Morgan fingerprint density at radius 1 is 1.06 bits per heavy atom. The third kappa shape index (κ3) is 4.94. The highest BCUT2D eigenvalue weighted by atomic mass is 16.5. The van der Waals surface area contributed by atoms with Crippen LogP contribution < -0.4 is 10.1 Å². The number of nitrogens with one attached hydrogen (secondary N) is 1. The van der Waals surface area contributed by atoms with Gasteiger partial charge in [0.05, 0.1) is 12.3 Å². The van der Waals surface area contributed by atoms with Gasteiger partial charge < -0.3 is 14.5 Å². The van der Waals surface area contributed by atoms with Crippen LogP contribution in [0.1, 0.15) is 42.1 Å². The number of hydrogen-bond donors (Lipinski definition) is 1. The fraction of sp³-hybridized carbons (Fsp3) is 0.231. The van der Waals surface area contributed by atoms with Crippen LogP contribution in [0.3, 0.4) is 0 Å². The maximum absolute atomic E-state index is 12.8. The van der Waals surface area contributed by atoms with Crippen LogP contribution in [0, 0.1) is 6.92 Å². The Morgan fingerprint density at radius 2 is 1.90 bits per heavy atom. The van der Waals surface area contributed by atoms with Crippen molar-refractivity contribution in [2.45, 2.75) is 33.1 Å². The zero-order chi connectivity index (χ0) is 21.6. The Hall–Kier alpha value is -3.60. The van der Waals surface area contributed by atoms with Crippen LogP contribution in [-0.4, -0.2) is 21.9 Å². The lowest BCUT2D eigenvalue weighted by atomic mass is 10.1. The summed E-state index contributed by atoms with van der Waals surface area (Å²) in [5, 5.41) is 3.04. The molecule has 0 spiro atoms. The molecule has 0 atom stereocenters. The summed E-state index contributed by atoms with van der Waals surface area (Å²) in [4.78, 5) is 17.5. The Bertz CT molecular complexity index is 1150. The number of ether oxygens (including phenoxy) is 1. The molecule has 0 fully saturated rings. The molecule has 31 heavy (non-hydrogen) atoms. The van der Waals surface area contributed by atoms with Crippen molar-refractivity contribution in [2.75, 3.05) is 11.9 Å². The van der Waals surface area contributed by atoms with Crippen LogP contribution in [0.4, 0.5) is 5.69 Å². The summed E-state index contributed by atoms with van der Waals surface area (Å²) in [5.74, 6) is 0.644. The van der Waals surface area contributed by atoms with E-state index in [0.717, 1.165) is 46.7 Å². The van der Waals surface area contributed by atoms with Gasteiger partial charge in [-0.25, -0.2) is 4.98 Å². The lowest BCUT2D eigenvalue weighted by Gasteiger charge is -2.11. The topological polar surface area (TPSA) is 55.6 Å². The van der Waals surface area contributed by atoms with Gasteiger partial charge in [-0.05, 0) is 61.4 Å². The molecule has 0 saturated carbocycles. The van der Waals surface area contributed by atoms with E-state index in [2.05, 4.69) is 17.2 Å². The SMILES string of the molecule is CCCCCOc1ccc(C(=O)Nc2cc(-c3cn4ccccc4n3)ccc2C)cc1. The second-order valence-corrected chi connectivity index (χ2v) is 7.66. The molecule has 2 heterocycles. The molecule has 5 nitrogen and oxygen atoms in total. The van der Waals surface area contributed by atoms with E-state index in [4.69, 9.17) is 4.74 Å². The molecular weight excluding hydrogens is 386 g/mol. The first-order chi connectivity index (χ1) is 15.1. The van der Waals surface area contributed by atoms with Crippen molar-refractivity contribution in [3.63, 3.8) is 0 Å². The third-order valence-corrected chi connectivity index (χ3v) is 5.28. The predicted molar refractivity (Wildman–Crippen MR) is 125 cm³/mol. The molecule has 5 heteroatoms. The van der Waals surface area contributed by atoms with Gasteiger partial charge in [0.15, 0.2) is 0 Å². The van der Waals surface area contributed by atoms with Crippen molar-refractivity contribution >= 4 is 17.2 Å².